The van der Waals surface area contributed by atoms with Crippen LogP contribution in [0.15, 0.2) is 224 Å². The summed E-state index contributed by atoms with van der Waals surface area (Å²) in [6.45, 7) is 0. The van der Waals surface area contributed by atoms with Crippen molar-refractivity contribution in [2.45, 2.75) is 0 Å². The van der Waals surface area contributed by atoms with Gasteiger partial charge in [0, 0.05) is 50.5 Å². The van der Waals surface area contributed by atoms with Crippen LogP contribution in [0.4, 0.5) is 34.1 Å². The topological polar surface area (TPSA) is 11.4 Å². The first kappa shape index (κ1) is 32.3. The molecule has 260 valence electrons. The molecule has 0 aliphatic carbocycles. The summed E-state index contributed by atoms with van der Waals surface area (Å²) in [7, 11) is 0. The first-order chi connectivity index (χ1) is 27.3. The number of para-hydroxylation sites is 4. The van der Waals surface area contributed by atoms with Crippen molar-refractivity contribution >= 4 is 66.7 Å². The summed E-state index contributed by atoms with van der Waals surface area (Å²) in [5, 5.41) is 4.89. The largest absolute Gasteiger partial charge is 0.311 e. The van der Waals surface area contributed by atoms with Crippen LogP contribution in [-0.4, -0.2) is 4.57 Å². The lowest BCUT2D eigenvalue weighted by Crippen LogP contribution is -2.13. The Kier molecular flexibility index (Phi) is 8.16. The van der Waals surface area contributed by atoms with Gasteiger partial charge < -0.3 is 14.4 Å². The van der Waals surface area contributed by atoms with Crippen molar-refractivity contribution in [2.75, 3.05) is 9.80 Å². The van der Waals surface area contributed by atoms with Crippen LogP contribution in [0.3, 0.4) is 0 Å². The van der Waals surface area contributed by atoms with Gasteiger partial charge in [-0.05, 0) is 101 Å². The summed E-state index contributed by atoms with van der Waals surface area (Å²) < 4.78 is 2.39. The molecule has 0 amide bonds. The highest BCUT2D eigenvalue weighted by atomic mass is 15.2. The second kappa shape index (κ2) is 13.9. The number of fused-ring (bicyclic) bond motifs is 4. The zero-order chi connectivity index (χ0) is 36.6. The van der Waals surface area contributed by atoms with E-state index in [4.69, 9.17) is 0 Å². The first-order valence-corrected chi connectivity index (χ1v) is 18.8. The second-order valence-electron chi connectivity index (χ2n) is 13.8. The Morgan fingerprint density at radius 3 is 1.47 bits per heavy atom. The Hall–Kier alpha value is -7.36. The van der Waals surface area contributed by atoms with Crippen molar-refractivity contribution in [3.8, 4) is 16.8 Å². The van der Waals surface area contributed by atoms with Gasteiger partial charge in [0.05, 0.1) is 16.7 Å². The lowest BCUT2D eigenvalue weighted by Gasteiger charge is -2.30. The van der Waals surface area contributed by atoms with Crippen LogP contribution in [-0.2, 0) is 0 Å². The van der Waals surface area contributed by atoms with Gasteiger partial charge in [-0.25, -0.2) is 0 Å². The van der Waals surface area contributed by atoms with Crippen LogP contribution in [0, 0.1) is 0 Å². The molecular formula is C52H37N3. The first-order valence-electron chi connectivity index (χ1n) is 18.8. The molecule has 0 aliphatic rings. The molecule has 0 saturated heterocycles. The molecule has 10 rings (SSSR count). The highest BCUT2D eigenvalue weighted by Gasteiger charge is 2.22. The number of rotatable bonds is 8. The SMILES string of the molecule is c1ccc(-c2c(N(c3ccc(N(c4ccccc4)c4ccccc4)cc3)c3ccc4c5ccccc5n(-c5ccccc5)c4c3)ccc3ccccc23)cc1. The van der Waals surface area contributed by atoms with E-state index in [0.29, 0.717) is 0 Å². The molecule has 55 heavy (non-hydrogen) atoms. The minimum absolute atomic E-state index is 1.07. The van der Waals surface area contributed by atoms with Gasteiger partial charge in [0.25, 0.3) is 0 Å². The Balaban J connectivity index is 1.22. The maximum absolute atomic E-state index is 2.43. The molecule has 1 aromatic heterocycles. The highest BCUT2D eigenvalue weighted by molar-refractivity contribution is 6.11. The smallest absolute Gasteiger partial charge is 0.0561 e. The Bertz CT molecular complexity index is 2860. The summed E-state index contributed by atoms with van der Waals surface area (Å²) in [5.41, 5.74) is 12.4. The number of aromatic nitrogens is 1. The van der Waals surface area contributed by atoms with Crippen molar-refractivity contribution in [3.63, 3.8) is 0 Å². The number of hydrogen-bond acceptors (Lipinski definition) is 2. The molecule has 0 atom stereocenters. The molecule has 10 aromatic rings. The van der Waals surface area contributed by atoms with Crippen LogP contribution in [0.2, 0.25) is 0 Å². The van der Waals surface area contributed by atoms with Crippen molar-refractivity contribution in [3.05, 3.63) is 224 Å². The fraction of sp³-hybridized carbons (Fsp3) is 0. The normalized spacial score (nSPS) is 11.3. The average Bonchev–Trinajstić information content (AvgIpc) is 3.59. The molecule has 0 fully saturated rings. The van der Waals surface area contributed by atoms with E-state index in [2.05, 4.69) is 239 Å². The third-order valence-electron chi connectivity index (χ3n) is 10.5. The van der Waals surface area contributed by atoms with E-state index >= 15 is 0 Å². The van der Waals surface area contributed by atoms with Crippen molar-refractivity contribution in [2.24, 2.45) is 0 Å². The van der Waals surface area contributed by atoms with Crippen molar-refractivity contribution in [1.29, 1.82) is 0 Å². The summed E-state index contributed by atoms with van der Waals surface area (Å²) in [5.74, 6) is 0. The molecule has 0 radical (unpaired) electrons. The number of hydrogen-bond donors (Lipinski definition) is 0. The summed E-state index contributed by atoms with van der Waals surface area (Å²) in [6, 6.07) is 80.6. The van der Waals surface area contributed by atoms with Gasteiger partial charge >= 0.3 is 0 Å². The maximum atomic E-state index is 2.43. The lowest BCUT2D eigenvalue weighted by molar-refractivity contribution is 1.18. The van der Waals surface area contributed by atoms with Gasteiger partial charge in [0.2, 0.25) is 0 Å². The van der Waals surface area contributed by atoms with Gasteiger partial charge in [-0.1, -0.05) is 140 Å². The molecule has 0 bridgehead atoms. The van der Waals surface area contributed by atoms with Crippen LogP contribution >= 0.6 is 0 Å². The average molecular weight is 704 g/mol. The Morgan fingerprint density at radius 1 is 0.309 bits per heavy atom. The van der Waals surface area contributed by atoms with Crippen molar-refractivity contribution < 1.29 is 0 Å². The summed E-state index contributed by atoms with van der Waals surface area (Å²) in [6.07, 6.45) is 0. The minimum atomic E-state index is 1.07. The standard InChI is InChI=1S/C52H37N3/c1-5-18-39(19-6-1)52-46-26-14-13-17-38(46)29-36-50(52)54(44-32-30-43(31-33-44)53(40-20-7-2-8-21-40)41-22-9-3-10-23-41)45-34-35-48-47-27-15-16-28-49(47)55(51(48)37-45)42-24-11-4-12-25-42/h1-37H. The van der Waals surface area contributed by atoms with Crippen LogP contribution in [0.1, 0.15) is 0 Å². The maximum Gasteiger partial charge on any atom is 0.0561 e. The van der Waals surface area contributed by atoms with Crippen LogP contribution < -0.4 is 9.80 Å². The molecule has 0 saturated carbocycles. The molecular weight excluding hydrogens is 667 g/mol. The zero-order valence-corrected chi connectivity index (χ0v) is 30.2. The second-order valence-corrected chi connectivity index (χ2v) is 13.8. The Labute approximate surface area is 321 Å². The third-order valence-corrected chi connectivity index (χ3v) is 10.5. The van der Waals surface area contributed by atoms with E-state index in [9.17, 15) is 0 Å². The van der Waals surface area contributed by atoms with Gasteiger partial charge in [0.15, 0.2) is 0 Å². The monoisotopic (exact) mass is 703 g/mol. The quantitative estimate of drug-likeness (QED) is 0.156. The summed E-state index contributed by atoms with van der Waals surface area (Å²) >= 11 is 0. The van der Waals surface area contributed by atoms with E-state index in [0.717, 1.165) is 45.3 Å². The predicted octanol–water partition coefficient (Wildman–Crippen LogP) is 14.5. The summed E-state index contributed by atoms with van der Waals surface area (Å²) in [4.78, 5) is 4.74. The number of nitrogens with zero attached hydrogens (tertiary/aromatic N) is 3. The number of anilines is 6. The fourth-order valence-electron chi connectivity index (χ4n) is 8.09. The van der Waals surface area contributed by atoms with E-state index in [-0.39, 0.29) is 0 Å². The Morgan fingerprint density at radius 2 is 0.800 bits per heavy atom. The molecule has 3 nitrogen and oxygen atoms in total. The molecule has 0 aliphatic heterocycles. The molecule has 0 spiro atoms. The van der Waals surface area contributed by atoms with Gasteiger partial charge in [-0.3, -0.25) is 0 Å². The van der Waals surface area contributed by atoms with E-state index < -0.39 is 0 Å². The molecule has 1 heterocycles. The van der Waals surface area contributed by atoms with Crippen LogP contribution in [0.25, 0.3) is 49.4 Å². The predicted molar refractivity (Wildman–Crippen MR) is 233 cm³/mol. The van der Waals surface area contributed by atoms with Gasteiger partial charge in [-0.15, -0.1) is 0 Å². The highest BCUT2D eigenvalue weighted by Crippen LogP contribution is 2.46. The van der Waals surface area contributed by atoms with Gasteiger partial charge in [0.1, 0.15) is 0 Å². The third kappa shape index (κ3) is 5.80. The minimum Gasteiger partial charge on any atom is -0.311 e. The fourth-order valence-corrected chi connectivity index (χ4v) is 8.09. The molecule has 0 unspecified atom stereocenters. The van der Waals surface area contributed by atoms with Crippen molar-refractivity contribution in [1.82, 2.24) is 4.57 Å². The number of benzene rings is 9. The zero-order valence-electron chi connectivity index (χ0n) is 30.2. The van der Waals surface area contributed by atoms with Gasteiger partial charge in [-0.2, -0.15) is 0 Å². The molecule has 3 heteroatoms. The van der Waals surface area contributed by atoms with Crippen LogP contribution in [0.5, 0.6) is 0 Å². The molecule has 0 N–H and O–H groups in total. The van der Waals surface area contributed by atoms with E-state index in [1.165, 1.54) is 38.2 Å². The van der Waals surface area contributed by atoms with E-state index in [1.54, 1.807) is 0 Å². The van der Waals surface area contributed by atoms with E-state index in [1.807, 2.05) is 0 Å². The lowest BCUT2D eigenvalue weighted by atomic mass is 9.95. The molecule has 9 aromatic carbocycles.